The number of benzene rings is 2. The van der Waals surface area contributed by atoms with Gasteiger partial charge in [-0.1, -0.05) is 12.1 Å². The number of hydrogen-bond acceptors (Lipinski definition) is 5. The van der Waals surface area contributed by atoms with Gasteiger partial charge in [0.1, 0.15) is 23.2 Å². The molecule has 0 aliphatic rings. The second-order valence-corrected chi connectivity index (χ2v) is 6.56. The first kappa shape index (κ1) is 19.3. The Labute approximate surface area is 163 Å². The molecule has 28 heavy (non-hydrogen) atoms. The van der Waals surface area contributed by atoms with Gasteiger partial charge in [0.2, 0.25) is 0 Å². The average Bonchev–Trinajstić information content (AvgIpc) is 2.67. The van der Waals surface area contributed by atoms with E-state index < -0.39 is 0 Å². The summed E-state index contributed by atoms with van der Waals surface area (Å²) in [5.74, 6) is 0.425. The molecule has 0 saturated heterocycles. The molecule has 7 heteroatoms. The van der Waals surface area contributed by atoms with Gasteiger partial charge in [-0.05, 0) is 48.9 Å². The maximum atomic E-state index is 13.0. The van der Waals surface area contributed by atoms with Gasteiger partial charge in [-0.2, -0.15) is 0 Å². The molecule has 0 fully saturated rings. The Morgan fingerprint density at radius 3 is 2.36 bits per heavy atom. The summed E-state index contributed by atoms with van der Waals surface area (Å²) in [6, 6.07) is 15.3. The molecule has 0 aliphatic carbocycles. The highest BCUT2D eigenvalue weighted by Crippen LogP contribution is 2.17. The van der Waals surface area contributed by atoms with Gasteiger partial charge >= 0.3 is 0 Å². The number of hydrogen-bond donors (Lipinski definition) is 2. The standard InChI is InChI=1S/C21H22FN5O/c1-14-24-19(21(28)26-17-8-10-18(11-9-17)27(2)3)12-20(25-14)23-13-15-4-6-16(22)7-5-15/h4-12H,13H2,1-3H3,(H,26,28)(H,23,24,25). The molecule has 2 N–H and O–H groups in total. The lowest BCUT2D eigenvalue weighted by Crippen LogP contribution is -2.16. The minimum absolute atomic E-state index is 0.269. The van der Waals surface area contributed by atoms with Crippen LogP contribution in [0.1, 0.15) is 21.9 Å². The number of nitrogens with one attached hydrogen (secondary N) is 2. The van der Waals surface area contributed by atoms with Gasteiger partial charge in [0.25, 0.3) is 5.91 Å². The summed E-state index contributed by atoms with van der Waals surface area (Å²) in [6.45, 7) is 2.19. The van der Waals surface area contributed by atoms with E-state index >= 15 is 0 Å². The van der Waals surface area contributed by atoms with E-state index in [0.29, 0.717) is 23.9 Å². The van der Waals surface area contributed by atoms with E-state index in [0.717, 1.165) is 11.3 Å². The number of rotatable bonds is 6. The van der Waals surface area contributed by atoms with Crippen LogP contribution in [0.2, 0.25) is 0 Å². The van der Waals surface area contributed by atoms with Crippen LogP contribution in [-0.4, -0.2) is 30.0 Å². The molecule has 6 nitrogen and oxygen atoms in total. The fourth-order valence-corrected chi connectivity index (χ4v) is 2.61. The molecule has 0 unspecified atom stereocenters. The van der Waals surface area contributed by atoms with Crippen LogP contribution < -0.4 is 15.5 Å². The minimum Gasteiger partial charge on any atom is -0.378 e. The lowest BCUT2D eigenvalue weighted by molar-refractivity contribution is 0.102. The van der Waals surface area contributed by atoms with Gasteiger partial charge in [-0.15, -0.1) is 0 Å². The summed E-state index contributed by atoms with van der Waals surface area (Å²) in [5, 5.41) is 5.98. The molecule has 0 radical (unpaired) electrons. The Kier molecular flexibility index (Phi) is 5.84. The number of amides is 1. The highest BCUT2D eigenvalue weighted by atomic mass is 19.1. The van der Waals surface area contributed by atoms with Crippen LogP contribution in [0.3, 0.4) is 0 Å². The molecule has 0 saturated carbocycles. The van der Waals surface area contributed by atoms with E-state index in [4.69, 9.17) is 0 Å². The summed E-state index contributed by atoms with van der Waals surface area (Å²) >= 11 is 0. The van der Waals surface area contributed by atoms with Gasteiger partial charge < -0.3 is 15.5 Å². The maximum absolute atomic E-state index is 13.0. The fourth-order valence-electron chi connectivity index (χ4n) is 2.61. The zero-order valence-corrected chi connectivity index (χ0v) is 16.0. The zero-order valence-electron chi connectivity index (χ0n) is 16.0. The number of anilines is 3. The first-order chi connectivity index (χ1) is 13.4. The highest BCUT2D eigenvalue weighted by Gasteiger charge is 2.11. The lowest BCUT2D eigenvalue weighted by atomic mass is 10.2. The largest absolute Gasteiger partial charge is 0.378 e. The van der Waals surface area contributed by atoms with Crippen molar-refractivity contribution >= 4 is 23.1 Å². The normalized spacial score (nSPS) is 10.4. The highest BCUT2D eigenvalue weighted by molar-refractivity contribution is 6.03. The van der Waals surface area contributed by atoms with Gasteiger partial charge in [0.05, 0.1) is 0 Å². The molecule has 144 valence electrons. The predicted octanol–water partition coefficient (Wildman–Crippen LogP) is 3.85. The number of halogens is 1. The Balaban J connectivity index is 1.69. The van der Waals surface area contributed by atoms with Crippen molar-refractivity contribution < 1.29 is 9.18 Å². The number of carbonyl (C=O) groups is 1. The van der Waals surface area contributed by atoms with Crippen LogP contribution in [0.4, 0.5) is 21.6 Å². The van der Waals surface area contributed by atoms with E-state index in [1.165, 1.54) is 12.1 Å². The quantitative estimate of drug-likeness (QED) is 0.681. The smallest absolute Gasteiger partial charge is 0.274 e. The SMILES string of the molecule is Cc1nc(NCc2ccc(F)cc2)cc(C(=O)Nc2ccc(N(C)C)cc2)n1. The van der Waals surface area contributed by atoms with Crippen molar-refractivity contribution in [3.8, 4) is 0 Å². The molecule has 1 aromatic heterocycles. The third-order valence-electron chi connectivity index (χ3n) is 4.10. The summed E-state index contributed by atoms with van der Waals surface area (Å²) in [6.07, 6.45) is 0. The van der Waals surface area contributed by atoms with Crippen molar-refractivity contribution in [1.82, 2.24) is 9.97 Å². The summed E-state index contributed by atoms with van der Waals surface area (Å²) < 4.78 is 13.0. The molecule has 0 aliphatic heterocycles. The van der Waals surface area contributed by atoms with Crippen molar-refractivity contribution in [3.63, 3.8) is 0 Å². The first-order valence-corrected chi connectivity index (χ1v) is 8.83. The second-order valence-electron chi connectivity index (χ2n) is 6.56. The first-order valence-electron chi connectivity index (χ1n) is 8.83. The van der Waals surface area contributed by atoms with Crippen LogP contribution in [0.25, 0.3) is 0 Å². The van der Waals surface area contributed by atoms with Gasteiger partial charge in [-0.25, -0.2) is 14.4 Å². The van der Waals surface area contributed by atoms with Crippen molar-refractivity contribution in [2.24, 2.45) is 0 Å². The third-order valence-corrected chi connectivity index (χ3v) is 4.10. The minimum atomic E-state index is -0.312. The summed E-state index contributed by atoms with van der Waals surface area (Å²) in [4.78, 5) is 23.1. The molecule has 2 aromatic carbocycles. The molecular formula is C21H22FN5O. The maximum Gasteiger partial charge on any atom is 0.274 e. The Morgan fingerprint density at radius 2 is 1.71 bits per heavy atom. The van der Waals surface area contributed by atoms with Gasteiger partial charge in [-0.3, -0.25) is 4.79 Å². The Morgan fingerprint density at radius 1 is 1.04 bits per heavy atom. The zero-order chi connectivity index (χ0) is 20.1. The van der Waals surface area contributed by atoms with Crippen LogP contribution in [-0.2, 0) is 6.54 Å². The molecule has 3 rings (SSSR count). The van der Waals surface area contributed by atoms with E-state index in [-0.39, 0.29) is 17.4 Å². The Hall–Kier alpha value is -3.48. The lowest BCUT2D eigenvalue weighted by Gasteiger charge is -2.13. The fraction of sp³-hybridized carbons (Fsp3) is 0.190. The number of nitrogens with zero attached hydrogens (tertiary/aromatic N) is 3. The molecule has 0 spiro atoms. The summed E-state index contributed by atoms with van der Waals surface area (Å²) in [7, 11) is 3.91. The van der Waals surface area contributed by atoms with Crippen molar-refractivity contribution in [2.75, 3.05) is 29.6 Å². The topological polar surface area (TPSA) is 70.2 Å². The van der Waals surface area contributed by atoms with Crippen LogP contribution in [0, 0.1) is 12.7 Å². The second kappa shape index (κ2) is 8.47. The van der Waals surface area contributed by atoms with Crippen LogP contribution >= 0.6 is 0 Å². The third kappa shape index (κ3) is 5.03. The van der Waals surface area contributed by atoms with E-state index in [1.54, 1.807) is 25.1 Å². The van der Waals surface area contributed by atoms with Crippen molar-refractivity contribution in [2.45, 2.75) is 13.5 Å². The molecular weight excluding hydrogens is 357 g/mol. The Bertz CT molecular complexity index is 956. The van der Waals surface area contributed by atoms with E-state index in [1.807, 2.05) is 43.3 Å². The van der Waals surface area contributed by atoms with Crippen molar-refractivity contribution in [1.29, 1.82) is 0 Å². The molecule has 3 aromatic rings. The van der Waals surface area contributed by atoms with E-state index in [2.05, 4.69) is 20.6 Å². The molecule has 0 atom stereocenters. The number of carbonyl (C=O) groups excluding carboxylic acids is 1. The molecule has 1 heterocycles. The molecule has 0 bridgehead atoms. The van der Waals surface area contributed by atoms with Crippen LogP contribution in [0.5, 0.6) is 0 Å². The number of aromatic nitrogens is 2. The number of aryl methyl sites for hydroxylation is 1. The van der Waals surface area contributed by atoms with E-state index in [9.17, 15) is 9.18 Å². The van der Waals surface area contributed by atoms with Crippen LogP contribution in [0.15, 0.2) is 54.6 Å². The summed E-state index contributed by atoms with van der Waals surface area (Å²) in [5.41, 5.74) is 2.91. The monoisotopic (exact) mass is 379 g/mol. The molecule has 1 amide bonds. The van der Waals surface area contributed by atoms with Crippen molar-refractivity contribution in [3.05, 3.63) is 77.5 Å². The van der Waals surface area contributed by atoms with Gasteiger partial charge in [0.15, 0.2) is 0 Å². The predicted molar refractivity (Wildman–Crippen MR) is 109 cm³/mol. The van der Waals surface area contributed by atoms with Gasteiger partial charge in [0, 0.05) is 38.1 Å². The average molecular weight is 379 g/mol.